The number of para-hydroxylation sites is 6. The topological polar surface area (TPSA) is 45.5 Å². The normalized spacial score (nSPS) is 11.8. The summed E-state index contributed by atoms with van der Waals surface area (Å²) in [5, 5.41) is 16.8. The first-order valence-electron chi connectivity index (χ1n) is 23.1. The van der Waals surface area contributed by atoms with Crippen molar-refractivity contribution < 1.29 is 0 Å². The molecule has 0 aliphatic carbocycles. The molecule has 318 valence electrons. The quantitative estimate of drug-likeness (QED) is 0.160. The Hall–Kier alpha value is -9.26. The van der Waals surface area contributed by atoms with Gasteiger partial charge in [-0.05, 0) is 66.7 Å². The maximum atomic E-state index is 4.79. The predicted octanol–water partition coefficient (Wildman–Crippen LogP) is 15.6. The Kier molecular flexibility index (Phi) is 8.48. The van der Waals surface area contributed by atoms with E-state index in [1.165, 1.54) is 38.0 Å². The molecule has 0 amide bonds. The highest BCUT2D eigenvalue weighted by atomic mass is 15.3. The summed E-state index contributed by atoms with van der Waals surface area (Å²) in [7, 11) is 0. The predicted molar refractivity (Wildman–Crippen MR) is 281 cm³/mol. The van der Waals surface area contributed by atoms with Gasteiger partial charge in [0.05, 0.1) is 50.2 Å². The molecule has 0 atom stereocenters. The molecule has 10 aromatic carbocycles. The Morgan fingerprint density at radius 1 is 0.265 bits per heavy atom. The summed E-state index contributed by atoms with van der Waals surface area (Å²) in [4.78, 5) is 0. The smallest absolute Gasteiger partial charge is 0.168 e. The molecule has 0 aliphatic heterocycles. The summed E-state index contributed by atoms with van der Waals surface area (Å²) in [6.07, 6.45) is 0. The fraction of sp³-hybridized carbons (Fsp3) is 0. The fourth-order valence-electron chi connectivity index (χ4n) is 10.8. The molecule has 14 rings (SSSR count). The third-order valence-electron chi connectivity index (χ3n) is 13.7. The molecule has 0 radical (unpaired) electrons. The summed E-state index contributed by atoms with van der Waals surface area (Å²) in [6.45, 7) is 0. The van der Waals surface area contributed by atoms with Crippen LogP contribution < -0.4 is 0 Å². The van der Waals surface area contributed by atoms with Gasteiger partial charge in [0.1, 0.15) is 0 Å². The van der Waals surface area contributed by atoms with E-state index in [0.717, 1.165) is 84.1 Å². The third kappa shape index (κ3) is 5.64. The summed E-state index contributed by atoms with van der Waals surface area (Å²) in [5.41, 5.74) is 15.6. The van der Waals surface area contributed by atoms with Crippen molar-refractivity contribution in [3.8, 4) is 56.7 Å². The average Bonchev–Trinajstić information content (AvgIpc) is 4.18. The lowest BCUT2D eigenvalue weighted by atomic mass is 10.0. The van der Waals surface area contributed by atoms with Crippen LogP contribution in [0.25, 0.3) is 122 Å². The number of nitrogens with zero attached hydrogens (tertiary/aromatic N) is 6. The van der Waals surface area contributed by atoms with E-state index in [1.54, 1.807) is 0 Å². The van der Waals surface area contributed by atoms with Crippen LogP contribution in [-0.4, -0.2) is 28.5 Å². The zero-order valence-corrected chi connectivity index (χ0v) is 36.8. The van der Waals surface area contributed by atoms with Crippen LogP contribution in [0.3, 0.4) is 0 Å². The maximum absolute atomic E-state index is 4.79. The van der Waals surface area contributed by atoms with E-state index >= 15 is 0 Å². The highest BCUT2D eigenvalue weighted by Crippen LogP contribution is 2.45. The van der Waals surface area contributed by atoms with Crippen LogP contribution >= 0.6 is 0 Å². The van der Waals surface area contributed by atoms with Gasteiger partial charge in [0, 0.05) is 60.3 Å². The first-order valence-corrected chi connectivity index (χ1v) is 23.1. The average molecular weight is 869 g/mol. The third-order valence-corrected chi connectivity index (χ3v) is 13.7. The summed E-state index contributed by atoms with van der Waals surface area (Å²) in [5.74, 6) is 1.59. The van der Waals surface area contributed by atoms with Gasteiger partial charge in [0.15, 0.2) is 11.6 Å². The Bertz CT molecular complexity index is 4190. The highest BCUT2D eigenvalue weighted by Gasteiger charge is 2.24. The van der Waals surface area contributed by atoms with Crippen molar-refractivity contribution >= 4 is 65.4 Å². The monoisotopic (exact) mass is 868 g/mol. The molecule has 6 heteroatoms. The maximum Gasteiger partial charge on any atom is 0.168 e. The van der Waals surface area contributed by atoms with Crippen LogP contribution in [0.15, 0.2) is 243 Å². The second kappa shape index (κ2) is 15.2. The van der Waals surface area contributed by atoms with Crippen LogP contribution in [-0.2, 0) is 0 Å². The van der Waals surface area contributed by atoms with Crippen molar-refractivity contribution in [3.05, 3.63) is 243 Å². The van der Waals surface area contributed by atoms with Gasteiger partial charge in [0.25, 0.3) is 0 Å². The van der Waals surface area contributed by atoms with E-state index in [2.05, 4.69) is 249 Å². The Morgan fingerprint density at radius 2 is 0.706 bits per heavy atom. The number of hydrogen-bond acceptors (Lipinski definition) is 2. The van der Waals surface area contributed by atoms with Crippen molar-refractivity contribution in [1.29, 1.82) is 0 Å². The molecule has 0 aliphatic rings. The summed E-state index contributed by atoms with van der Waals surface area (Å²) < 4.78 is 9.57. The lowest BCUT2D eigenvalue weighted by Gasteiger charge is -2.18. The second-order valence-electron chi connectivity index (χ2n) is 17.4. The molecule has 0 N–H and O–H groups in total. The minimum absolute atomic E-state index is 0.793. The van der Waals surface area contributed by atoms with Gasteiger partial charge < -0.3 is 13.7 Å². The van der Waals surface area contributed by atoms with Gasteiger partial charge in [-0.3, -0.25) is 4.57 Å². The van der Waals surface area contributed by atoms with Gasteiger partial charge in [-0.25, -0.2) is 0 Å². The molecule has 4 aromatic heterocycles. The second-order valence-corrected chi connectivity index (χ2v) is 17.4. The fourth-order valence-corrected chi connectivity index (χ4v) is 10.8. The lowest BCUT2D eigenvalue weighted by molar-refractivity contribution is 1.07. The molecule has 4 heterocycles. The first-order chi connectivity index (χ1) is 33.8. The van der Waals surface area contributed by atoms with Gasteiger partial charge in [-0.15, -0.1) is 10.2 Å². The van der Waals surface area contributed by atoms with Gasteiger partial charge >= 0.3 is 0 Å². The Balaban J connectivity index is 0.997. The molecule has 0 unspecified atom stereocenters. The van der Waals surface area contributed by atoms with Crippen LogP contribution in [0.2, 0.25) is 0 Å². The van der Waals surface area contributed by atoms with E-state index < -0.39 is 0 Å². The highest BCUT2D eigenvalue weighted by molar-refractivity contribution is 6.26. The molecule has 14 aromatic rings. The van der Waals surface area contributed by atoms with Crippen molar-refractivity contribution in [2.24, 2.45) is 0 Å². The minimum atomic E-state index is 0.793. The van der Waals surface area contributed by atoms with Crippen molar-refractivity contribution in [2.75, 3.05) is 0 Å². The number of fused-ring (bicyclic) bond motifs is 10. The molecule has 0 saturated heterocycles. The summed E-state index contributed by atoms with van der Waals surface area (Å²) >= 11 is 0. The van der Waals surface area contributed by atoms with E-state index in [1.807, 2.05) is 12.1 Å². The zero-order valence-electron chi connectivity index (χ0n) is 36.8. The molecular weight excluding hydrogens is 829 g/mol. The standard InChI is InChI=1S/C62H40N6/c1-4-20-41(21-5-1)61-63-64-62(42-22-6-2-7-23-42)66(61)44-36-38-57-51(40-44)48-29-13-18-34-55(48)67(57)53-32-16-10-26-45(53)46-27-11-17-33-54(46)68-56-35-19-14-30-50(56)59-58(68)39-37-49-47-28-12-15-31-52(47)65(60(49)59)43-24-8-3-9-25-43/h1-40H. The Labute approximate surface area is 391 Å². The largest absolute Gasteiger partial charge is 0.309 e. The molecule has 0 saturated carbocycles. The number of hydrogen-bond donors (Lipinski definition) is 0. The SMILES string of the molecule is c1ccc(-c2nnc(-c3ccccc3)n2-c2ccc3c(c2)c2ccccc2n3-c2ccccc2-c2ccccc2-n2c3ccccc3c3c2ccc2c4ccccc4n(-c4ccccc4)c23)cc1. The van der Waals surface area contributed by atoms with Crippen molar-refractivity contribution in [2.45, 2.75) is 0 Å². The van der Waals surface area contributed by atoms with Crippen LogP contribution in [0.1, 0.15) is 0 Å². The molecule has 68 heavy (non-hydrogen) atoms. The van der Waals surface area contributed by atoms with E-state index in [4.69, 9.17) is 10.2 Å². The lowest BCUT2D eigenvalue weighted by Crippen LogP contribution is -2.02. The minimum Gasteiger partial charge on any atom is -0.309 e. The van der Waals surface area contributed by atoms with Crippen LogP contribution in [0.4, 0.5) is 0 Å². The molecule has 6 nitrogen and oxygen atoms in total. The summed E-state index contributed by atoms with van der Waals surface area (Å²) in [6, 6.07) is 87.1. The van der Waals surface area contributed by atoms with Gasteiger partial charge in [-0.2, -0.15) is 0 Å². The van der Waals surface area contributed by atoms with Crippen molar-refractivity contribution in [1.82, 2.24) is 28.5 Å². The molecule has 0 fully saturated rings. The number of rotatable bonds is 7. The van der Waals surface area contributed by atoms with Crippen LogP contribution in [0, 0.1) is 0 Å². The van der Waals surface area contributed by atoms with E-state index in [0.29, 0.717) is 0 Å². The van der Waals surface area contributed by atoms with Crippen LogP contribution in [0.5, 0.6) is 0 Å². The Morgan fingerprint density at radius 3 is 1.32 bits per heavy atom. The first kappa shape index (κ1) is 38.1. The molecule has 0 spiro atoms. The van der Waals surface area contributed by atoms with Gasteiger partial charge in [0.2, 0.25) is 0 Å². The number of aromatic nitrogens is 6. The molecular formula is C62H40N6. The van der Waals surface area contributed by atoms with Gasteiger partial charge in [-0.1, -0.05) is 176 Å². The van der Waals surface area contributed by atoms with E-state index in [-0.39, 0.29) is 0 Å². The zero-order chi connectivity index (χ0) is 44.7. The molecule has 0 bridgehead atoms. The van der Waals surface area contributed by atoms with E-state index in [9.17, 15) is 0 Å². The number of benzene rings is 10. The van der Waals surface area contributed by atoms with Crippen molar-refractivity contribution in [3.63, 3.8) is 0 Å².